The van der Waals surface area contributed by atoms with Crippen LogP contribution in [0, 0.1) is 5.92 Å². The first kappa shape index (κ1) is 19.5. The summed E-state index contributed by atoms with van der Waals surface area (Å²) in [6.07, 6.45) is 5.57. The lowest BCUT2D eigenvalue weighted by molar-refractivity contribution is 0.191. The number of hydrogen-bond donors (Lipinski definition) is 2. The molecule has 0 unspecified atom stereocenters. The number of pyridine rings is 1. The molecule has 0 aromatic carbocycles. The molecule has 2 rings (SSSR count). The molecule has 25 heavy (non-hydrogen) atoms. The molecule has 6 heteroatoms. The van der Waals surface area contributed by atoms with Crippen LogP contribution in [0.4, 0.5) is 0 Å². The quantitative estimate of drug-likeness (QED) is 0.429. The summed E-state index contributed by atoms with van der Waals surface area (Å²) in [7, 11) is 1.63. The van der Waals surface area contributed by atoms with Gasteiger partial charge < -0.3 is 20.3 Å². The summed E-state index contributed by atoms with van der Waals surface area (Å²) in [5, 5.41) is 6.74. The Balaban J connectivity index is 1.73. The minimum atomic E-state index is 0.609. The first-order valence-corrected chi connectivity index (χ1v) is 9.44. The summed E-state index contributed by atoms with van der Waals surface area (Å²) in [5.41, 5.74) is 1.09. The molecule has 0 aliphatic carbocycles. The van der Waals surface area contributed by atoms with Crippen molar-refractivity contribution in [2.24, 2.45) is 10.9 Å². The van der Waals surface area contributed by atoms with Crippen molar-refractivity contribution < 1.29 is 4.74 Å². The Hall–Kier alpha value is -1.82. The van der Waals surface area contributed by atoms with Crippen LogP contribution in [0.25, 0.3) is 0 Å². The molecule has 1 aromatic heterocycles. The molecule has 1 saturated heterocycles. The summed E-state index contributed by atoms with van der Waals surface area (Å²) in [4.78, 5) is 11.4. The molecule has 1 aromatic rings. The number of aromatic nitrogens is 1. The van der Waals surface area contributed by atoms with Crippen LogP contribution in [0.2, 0.25) is 0 Å². The molecule has 0 spiro atoms. The minimum absolute atomic E-state index is 0.609. The second-order valence-electron chi connectivity index (χ2n) is 6.71. The van der Waals surface area contributed by atoms with E-state index >= 15 is 0 Å². The lowest BCUT2D eigenvalue weighted by Gasteiger charge is -2.30. The summed E-state index contributed by atoms with van der Waals surface area (Å²) in [5.74, 6) is 2.39. The number of hydrogen-bond acceptors (Lipinski definition) is 4. The van der Waals surface area contributed by atoms with Gasteiger partial charge >= 0.3 is 0 Å². The van der Waals surface area contributed by atoms with Crippen LogP contribution in [0.15, 0.2) is 23.3 Å². The Morgan fingerprint density at radius 1 is 1.36 bits per heavy atom. The van der Waals surface area contributed by atoms with E-state index in [2.05, 4.69) is 39.4 Å². The van der Waals surface area contributed by atoms with Gasteiger partial charge in [0.25, 0.3) is 0 Å². The van der Waals surface area contributed by atoms with Crippen LogP contribution < -0.4 is 15.4 Å². The lowest BCUT2D eigenvalue weighted by Crippen LogP contribution is -2.39. The molecule has 2 heterocycles. The fourth-order valence-electron chi connectivity index (χ4n) is 2.97. The lowest BCUT2D eigenvalue weighted by atomic mass is 9.99. The summed E-state index contributed by atoms with van der Waals surface area (Å²) < 4.78 is 5.16. The minimum Gasteiger partial charge on any atom is -0.481 e. The molecule has 140 valence electrons. The largest absolute Gasteiger partial charge is 0.481 e. The van der Waals surface area contributed by atoms with Gasteiger partial charge in [-0.25, -0.2) is 9.98 Å². The van der Waals surface area contributed by atoms with Crippen molar-refractivity contribution in [2.75, 3.05) is 39.8 Å². The number of aliphatic imine (C=N–C) groups is 1. The highest BCUT2D eigenvalue weighted by atomic mass is 16.5. The van der Waals surface area contributed by atoms with Gasteiger partial charge in [-0.2, -0.15) is 0 Å². The van der Waals surface area contributed by atoms with E-state index in [1.165, 1.54) is 32.5 Å². The van der Waals surface area contributed by atoms with E-state index in [1.54, 1.807) is 13.3 Å². The van der Waals surface area contributed by atoms with E-state index in [9.17, 15) is 0 Å². The van der Waals surface area contributed by atoms with E-state index in [-0.39, 0.29) is 0 Å². The molecule has 0 saturated carbocycles. The zero-order valence-electron chi connectivity index (χ0n) is 15.9. The number of piperidine rings is 1. The van der Waals surface area contributed by atoms with E-state index in [0.717, 1.165) is 37.0 Å². The van der Waals surface area contributed by atoms with Gasteiger partial charge in [-0.15, -0.1) is 0 Å². The van der Waals surface area contributed by atoms with Crippen LogP contribution in [0.1, 0.15) is 38.7 Å². The fourth-order valence-corrected chi connectivity index (χ4v) is 2.97. The smallest absolute Gasteiger partial charge is 0.213 e. The highest BCUT2D eigenvalue weighted by Gasteiger charge is 2.14. The van der Waals surface area contributed by atoms with Crippen LogP contribution in [0.5, 0.6) is 5.88 Å². The highest BCUT2D eigenvalue weighted by molar-refractivity contribution is 5.79. The molecular weight excluding hydrogens is 314 g/mol. The van der Waals surface area contributed by atoms with E-state index in [1.807, 2.05) is 12.1 Å². The van der Waals surface area contributed by atoms with Crippen LogP contribution >= 0.6 is 0 Å². The molecule has 1 aliphatic rings. The summed E-state index contributed by atoms with van der Waals surface area (Å²) in [6.45, 7) is 10.5. The number of methoxy groups -OCH3 is 1. The molecule has 2 N–H and O–H groups in total. The van der Waals surface area contributed by atoms with Crippen molar-refractivity contribution in [3.8, 4) is 5.88 Å². The third-order valence-electron chi connectivity index (χ3n) is 4.59. The standard InChI is InChI=1S/C19H33N5O/c1-4-20-19(23-15-17-6-10-21-18(14-17)25-3)22-9-5-11-24-12-7-16(2)8-13-24/h6,10,14,16H,4-5,7-9,11-13,15H2,1-3H3,(H2,20,22,23). The number of ether oxygens (including phenoxy) is 1. The van der Waals surface area contributed by atoms with E-state index in [4.69, 9.17) is 4.74 Å². The molecular formula is C19H33N5O. The van der Waals surface area contributed by atoms with Gasteiger partial charge in [0.05, 0.1) is 13.7 Å². The van der Waals surface area contributed by atoms with E-state index < -0.39 is 0 Å². The first-order valence-electron chi connectivity index (χ1n) is 9.44. The van der Waals surface area contributed by atoms with E-state index in [0.29, 0.717) is 12.4 Å². The highest BCUT2D eigenvalue weighted by Crippen LogP contribution is 2.15. The summed E-state index contributed by atoms with van der Waals surface area (Å²) >= 11 is 0. The number of rotatable bonds is 8. The van der Waals surface area contributed by atoms with Crippen LogP contribution in [-0.2, 0) is 6.54 Å². The predicted octanol–water partition coefficient (Wildman–Crippen LogP) is 2.27. The second-order valence-corrected chi connectivity index (χ2v) is 6.71. The molecule has 0 radical (unpaired) electrons. The van der Waals surface area contributed by atoms with Crippen molar-refractivity contribution in [3.63, 3.8) is 0 Å². The SMILES string of the molecule is CCNC(=NCc1ccnc(OC)c1)NCCCN1CCC(C)CC1. The van der Waals surface area contributed by atoms with Gasteiger partial charge in [0.1, 0.15) is 0 Å². The Labute approximate surface area is 152 Å². The maximum atomic E-state index is 5.16. The molecule has 0 atom stereocenters. The van der Waals surface area contributed by atoms with Crippen molar-refractivity contribution in [3.05, 3.63) is 23.9 Å². The van der Waals surface area contributed by atoms with Gasteiger partial charge in [-0.05, 0) is 63.4 Å². The molecule has 0 amide bonds. The topological polar surface area (TPSA) is 61.8 Å². The predicted molar refractivity (Wildman–Crippen MR) is 103 cm³/mol. The average molecular weight is 348 g/mol. The van der Waals surface area contributed by atoms with Crippen molar-refractivity contribution in [2.45, 2.75) is 39.7 Å². The molecule has 1 fully saturated rings. The maximum Gasteiger partial charge on any atom is 0.213 e. The maximum absolute atomic E-state index is 5.16. The number of likely N-dealkylation sites (tertiary alicyclic amines) is 1. The van der Waals surface area contributed by atoms with Crippen molar-refractivity contribution in [1.29, 1.82) is 0 Å². The normalized spacial score (nSPS) is 16.7. The van der Waals surface area contributed by atoms with Gasteiger partial charge in [-0.3, -0.25) is 0 Å². The number of guanidine groups is 1. The van der Waals surface area contributed by atoms with Gasteiger partial charge in [0.2, 0.25) is 5.88 Å². The Morgan fingerprint density at radius 3 is 2.88 bits per heavy atom. The van der Waals surface area contributed by atoms with Gasteiger partial charge in [0, 0.05) is 25.4 Å². The monoisotopic (exact) mass is 347 g/mol. The van der Waals surface area contributed by atoms with Crippen LogP contribution in [0.3, 0.4) is 0 Å². The third kappa shape index (κ3) is 7.30. The first-order chi connectivity index (χ1) is 12.2. The Bertz CT molecular complexity index is 526. The van der Waals surface area contributed by atoms with Gasteiger partial charge in [0.15, 0.2) is 5.96 Å². The third-order valence-corrected chi connectivity index (χ3v) is 4.59. The van der Waals surface area contributed by atoms with Gasteiger partial charge in [-0.1, -0.05) is 6.92 Å². The fraction of sp³-hybridized carbons (Fsp3) is 0.684. The second kappa shape index (κ2) is 10.9. The molecule has 0 bridgehead atoms. The Kier molecular flexibility index (Phi) is 8.52. The van der Waals surface area contributed by atoms with Crippen molar-refractivity contribution in [1.82, 2.24) is 20.5 Å². The zero-order valence-corrected chi connectivity index (χ0v) is 15.9. The number of nitrogens with one attached hydrogen (secondary N) is 2. The van der Waals surface area contributed by atoms with Crippen LogP contribution in [-0.4, -0.2) is 55.7 Å². The Morgan fingerprint density at radius 2 is 2.16 bits per heavy atom. The zero-order chi connectivity index (χ0) is 17.9. The average Bonchev–Trinajstić information content (AvgIpc) is 2.64. The van der Waals surface area contributed by atoms with Crippen molar-refractivity contribution >= 4 is 5.96 Å². The molecule has 1 aliphatic heterocycles. The summed E-state index contributed by atoms with van der Waals surface area (Å²) in [6, 6.07) is 3.89. The molecule has 6 nitrogen and oxygen atoms in total. The number of nitrogens with zero attached hydrogens (tertiary/aromatic N) is 3.